The maximum absolute atomic E-state index is 2.60. The van der Waals surface area contributed by atoms with Crippen LogP contribution in [0.2, 0.25) is 34.0 Å². The van der Waals surface area contributed by atoms with E-state index in [1.807, 2.05) is 0 Å². The molecule has 0 aliphatic carbocycles. The van der Waals surface area contributed by atoms with E-state index in [1.165, 1.54) is 44.6 Å². The van der Waals surface area contributed by atoms with Crippen molar-refractivity contribution in [3.8, 4) is 0 Å². The predicted octanol–water partition coefficient (Wildman–Crippen LogP) is 5.57. The van der Waals surface area contributed by atoms with Gasteiger partial charge in [-0.25, -0.2) is 0 Å². The van der Waals surface area contributed by atoms with E-state index in [0.717, 1.165) is 0 Å². The molecule has 0 saturated heterocycles. The van der Waals surface area contributed by atoms with Gasteiger partial charge in [0.05, 0.1) is 0 Å². The molecule has 0 radical (unpaired) electrons. The third-order valence-electron chi connectivity index (χ3n) is 4.28. The van der Waals surface area contributed by atoms with Crippen LogP contribution in [0, 0.1) is 0 Å². The molecule has 3 heteroatoms. The molecule has 1 heterocycles. The normalized spacial score (nSPS) is 12.9. The molecule has 0 amide bonds. The van der Waals surface area contributed by atoms with Crippen LogP contribution in [0.1, 0.15) is 45.4 Å². The first-order valence-corrected chi connectivity index (χ1v) is 22.4. The fraction of sp³-hybridized carbons (Fsp3) is 0.765. The van der Waals surface area contributed by atoms with Crippen molar-refractivity contribution in [2.24, 2.45) is 0 Å². The Morgan fingerprint density at radius 3 is 2.15 bits per heavy atom. The third kappa shape index (κ3) is 6.23. The molecule has 0 fully saturated rings. The van der Waals surface area contributed by atoms with Gasteiger partial charge in [-0.05, 0) is 0 Å². The summed E-state index contributed by atoms with van der Waals surface area (Å²) in [6.45, 7) is 7.44. The van der Waals surface area contributed by atoms with Gasteiger partial charge in [0, 0.05) is 0 Å². The van der Waals surface area contributed by atoms with E-state index in [2.05, 4.69) is 57.6 Å². The summed E-state index contributed by atoms with van der Waals surface area (Å²) in [5.41, 5.74) is 0. The number of thiophene rings is 1. The van der Waals surface area contributed by atoms with Crippen molar-refractivity contribution in [3.63, 3.8) is 0 Å². The topological polar surface area (TPSA) is 0 Å². The first-order valence-electron chi connectivity index (χ1n) is 8.37. The average molecular weight is 417 g/mol. The van der Waals surface area contributed by atoms with E-state index in [0.29, 0.717) is 0 Å². The predicted molar refractivity (Wildman–Crippen MR) is 103 cm³/mol. The standard InChI is InChI=1S/C14H25SSi.3CH3.Sn/c1-4-5-6-7-8-9-12-16(2,3)14-10-11-15-13-14;;;;/h10,13H,4-9,12H2,1-3H3;3*1H3;. The Morgan fingerprint density at radius 2 is 1.60 bits per heavy atom. The van der Waals surface area contributed by atoms with E-state index < -0.39 is 26.5 Å². The summed E-state index contributed by atoms with van der Waals surface area (Å²) in [5, 5.41) is 4.23. The second-order valence-corrected chi connectivity index (χ2v) is 29.0. The molecule has 0 aliphatic heterocycles. The molecule has 0 aromatic carbocycles. The molecule has 0 unspecified atom stereocenters. The van der Waals surface area contributed by atoms with Crippen LogP contribution in [0.3, 0.4) is 0 Å². The van der Waals surface area contributed by atoms with Gasteiger partial charge in [-0.3, -0.25) is 0 Å². The van der Waals surface area contributed by atoms with Gasteiger partial charge >= 0.3 is 137 Å². The molecule has 0 atom stereocenters. The Hall–Kier alpha value is 0.716. The van der Waals surface area contributed by atoms with Gasteiger partial charge in [-0.2, -0.15) is 0 Å². The molecular weight excluding hydrogens is 383 g/mol. The van der Waals surface area contributed by atoms with Crippen LogP contribution in [0.4, 0.5) is 0 Å². The number of rotatable bonds is 9. The van der Waals surface area contributed by atoms with Crippen molar-refractivity contribution < 1.29 is 0 Å². The van der Waals surface area contributed by atoms with Crippen LogP contribution in [-0.4, -0.2) is 26.5 Å². The zero-order chi connectivity index (χ0) is 15.2. The van der Waals surface area contributed by atoms with E-state index in [-0.39, 0.29) is 0 Å². The van der Waals surface area contributed by atoms with E-state index >= 15 is 0 Å². The van der Waals surface area contributed by atoms with Gasteiger partial charge in [-0.15, -0.1) is 0 Å². The fourth-order valence-electron chi connectivity index (χ4n) is 2.58. The monoisotopic (exact) mass is 418 g/mol. The van der Waals surface area contributed by atoms with Crippen LogP contribution in [0.5, 0.6) is 0 Å². The van der Waals surface area contributed by atoms with Crippen LogP contribution in [0.25, 0.3) is 0 Å². The molecule has 0 N–H and O–H groups in total. The second-order valence-electron chi connectivity index (χ2n) is 7.85. The second kappa shape index (κ2) is 8.37. The molecule has 0 saturated carbocycles. The zero-order valence-corrected chi connectivity index (χ0v) is 19.2. The summed E-state index contributed by atoms with van der Waals surface area (Å²) in [5.74, 6) is 0. The minimum absolute atomic E-state index is 1.16. The van der Waals surface area contributed by atoms with Gasteiger partial charge in [0.1, 0.15) is 0 Å². The van der Waals surface area contributed by atoms with E-state index in [9.17, 15) is 0 Å². The molecule has 20 heavy (non-hydrogen) atoms. The molecular formula is C17H34SSiSn. The maximum atomic E-state index is 2.60. The molecule has 0 nitrogen and oxygen atoms in total. The number of hydrogen-bond donors (Lipinski definition) is 0. The summed E-state index contributed by atoms with van der Waals surface area (Å²) in [7, 11) is -1.16. The van der Waals surface area contributed by atoms with Crippen LogP contribution < -0.4 is 8.08 Å². The van der Waals surface area contributed by atoms with Crippen molar-refractivity contribution in [2.45, 2.75) is 79.4 Å². The van der Waals surface area contributed by atoms with Crippen molar-refractivity contribution in [1.82, 2.24) is 0 Å². The molecule has 1 rings (SSSR count). The van der Waals surface area contributed by atoms with Gasteiger partial charge < -0.3 is 0 Å². The summed E-state index contributed by atoms with van der Waals surface area (Å²) >= 11 is 0.233. The Balaban J connectivity index is 2.45. The summed E-state index contributed by atoms with van der Waals surface area (Å²) in [6, 6.07) is 4.08. The zero-order valence-electron chi connectivity index (χ0n) is 14.5. The van der Waals surface area contributed by atoms with Crippen LogP contribution >= 0.6 is 11.3 Å². The molecule has 116 valence electrons. The summed E-state index contributed by atoms with van der Waals surface area (Å²) in [4.78, 5) is 7.60. The third-order valence-corrected chi connectivity index (χ3v) is 18.4. The fourth-order valence-corrected chi connectivity index (χ4v) is 12.6. The number of hydrogen-bond acceptors (Lipinski definition) is 1. The van der Waals surface area contributed by atoms with Crippen molar-refractivity contribution in [2.75, 3.05) is 0 Å². The first-order chi connectivity index (χ1) is 9.27. The van der Waals surface area contributed by atoms with Crippen LogP contribution in [0.15, 0.2) is 11.4 Å². The summed E-state index contributed by atoms with van der Waals surface area (Å²) < 4.78 is 1.76. The van der Waals surface area contributed by atoms with Gasteiger partial charge in [-0.1, -0.05) is 0 Å². The SMILES string of the molecule is CCCCCCCC[Si](C)(C)c1cs[c]([Sn]([CH3])([CH3])[CH3])c1. The van der Waals surface area contributed by atoms with Crippen molar-refractivity contribution >= 4 is 45.9 Å². The Bertz CT molecular complexity index is 390. The summed E-state index contributed by atoms with van der Waals surface area (Å²) in [6.07, 6.45) is 8.58. The number of unbranched alkanes of at least 4 members (excludes halogenated alkanes) is 5. The molecule has 0 bridgehead atoms. The average Bonchev–Trinajstić information content (AvgIpc) is 2.83. The van der Waals surface area contributed by atoms with Crippen molar-refractivity contribution in [1.29, 1.82) is 0 Å². The van der Waals surface area contributed by atoms with E-state index in [1.54, 1.807) is 8.08 Å². The molecule has 0 spiro atoms. The van der Waals surface area contributed by atoms with Crippen molar-refractivity contribution in [3.05, 3.63) is 11.4 Å². The Labute approximate surface area is 136 Å². The van der Waals surface area contributed by atoms with Gasteiger partial charge in [0.25, 0.3) is 0 Å². The first kappa shape index (κ1) is 18.8. The van der Waals surface area contributed by atoms with Gasteiger partial charge in [0.2, 0.25) is 0 Å². The van der Waals surface area contributed by atoms with Crippen LogP contribution in [-0.2, 0) is 0 Å². The van der Waals surface area contributed by atoms with E-state index in [4.69, 9.17) is 0 Å². The quantitative estimate of drug-likeness (QED) is 0.364. The molecule has 1 aromatic heterocycles. The minimum atomic E-state index is -1.83. The molecule has 0 aliphatic rings. The Kier molecular flexibility index (Phi) is 7.86. The Morgan fingerprint density at radius 1 is 1.00 bits per heavy atom. The van der Waals surface area contributed by atoms with Gasteiger partial charge in [0.15, 0.2) is 0 Å². The molecule has 1 aromatic rings.